The van der Waals surface area contributed by atoms with Crippen LogP contribution >= 0.6 is 0 Å². The Hall–Kier alpha value is -2.86. The summed E-state index contributed by atoms with van der Waals surface area (Å²) in [5.41, 5.74) is 1.82. The van der Waals surface area contributed by atoms with Gasteiger partial charge >= 0.3 is 12.1 Å². The van der Waals surface area contributed by atoms with Crippen molar-refractivity contribution < 1.29 is 37.3 Å². The number of alkyl halides is 3. The highest BCUT2D eigenvalue weighted by atomic mass is 19.4. The topological polar surface area (TPSA) is 96.6 Å². The number of hydrogen-bond acceptors (Lipinski definition) is 6. The Kier molecular flexibility index (Phi) is 6.75. The van der Waals surface area contributed by atoms with Crippen LogP contribution in [-0.2, 0) is 19.1 Å². The van der Waals surface area contributed by atoms with Crippen molar-refractivity contribution in [3.63, 3.8) is 0 Å². The maximum Gasteiger partial charge on any atom is 0.490 e. The highest BCUT2D eigenvalue weighted by Gasteiger charge is 2.38. The Morgan fingerprint density at radius 1 is 1.09 bits per heavy atom. The van der Waals surface area contributed by atoms with Gasteiger partial charge < -0.3 is 24.4 Å². The van der Waals surface area contributed by atoms with Crippen LogP contribution in [-0.4, -0.2) is 83.4 Å². The van der Waals surface area contributed by atoms with Crippen LogP contribution in [0.5, 0.6) is 0 Å². The molecule has 33 heavy (non-hydrogen) atoms. The Balaban J connectivity index is 0.000000325. The minimum atomic E-state index is -5.08. The van der Waals surface area contributed by atoms with E-state index in [1.54, 1.807) is 0 Å². The van der Waals surface area contributed by atoms with E-state index in [1.165, 1.54) is 0 Å². The summed E-state index contributed by atoms with van der Waals surface area (Å²) in [4.78, 5) is 30.4. The second kappa shape index (κ2) is 9.56. The molecular formula is C21H25F3N4O5. The molecule has 0 radical (unpaired) electrons. The molecule has 2 aromatic heterocycles. The lowest BCUT2D eigenvalue weighted by Gasteiger charge is -2.32. The van der Waals surface area contributed by atoms with Gasteiger partial charge in [-0.2, -0.15) is 13.2 Å². The monoisotopic (exact) mass is 470 g/mol. The summed E-state index contributed by atoms with van der Waals surface area (Å²) >= 11 is 0. The molecule has 1 saturated carbocycles. The fraction of sp³-hybridized carbons (Fsp3) is 0.571. The van der Waals surface area contributed by atoms with Gasteiger partial charge in [-0.05, 0) is 25.0 Å². The molecule has 2 saturated heterocycles. The lowest BCUT2D eigenvalue weighted by atomic mass is 10.2. The van der Waals surface area contributed by atoms with Gasteiger partial charge in [0, 0.05) is 31.7 Å². The summed E-state index contributed by atoms with van der Waals surface area (Å²) in [5, 5.41) is 7.12. The molecule has 9 nitrogen and oxygen atoms in total. The summed E-state index contributed by atoms with van der Waals surface area (Å²) in [6.07, 6.45) is -1.09. The number of nitrogens with zero attached hydrogens (tertiary/aromatic N) is 4. The molecule has 0 spiro atoms. The molecule has 12 heteroatoms. The van der Waals surface area contributed by atoms with E-state index in [4.69, 9.17) is 24.4 Å². The Morgan fingerprint density at radius 2 is 1.79 bits per heavy atom. The van der Waals surface area contributed by atoms with E-state index in [0.717, 1.165) is 56.3 Å². The van der Waals surface area contributed by atoms with Gasteiger partial charge in [0.15, 0.2) is 0 Å². The molecule has 4 heterocycles. The predicted octanol–water partition coefficient (Wildman–Crippen LogP) is 2.11. The lowest BCUT2D eigenvalue weighted by molar-refractivity contribution is -0.192. The number of morpholine rings is 2. The number of carbonyl (C=O) groups excluding carboxylic acids is 1. The minimum absolute atomic E-state index is 0.149. The fourth-order valence-electron chi connectivity index (χ4n) is 3.84. The first kappa shape index (κ1) is 23.3. The molecule has 1 aliphatic carbocycles. The van der Waals surface area contributed by atoms with Gasteiger partial charge in [-0.25, -0.2) is 9.78 Å². The van der Waals surface area contributed by atoms with E-state index < -0.39 is 12.1 Å². The van der Waals surface area contributed by atoms with E-state index in [-0.39, 0.29) is 17.9 Å². The molecule has 5 rings (SSSR count). The average Bonchev–Trinajstić information content (AvgIpc) is 3.56. The first-order chi connectivity index (χ1) is 15.7. The summed E-state index contributed by atoms with van der Waals surface area (Å²) in [6.45, 7) is 5.15. The predicted molar refractivity (Wildman–Crippen MR) is 110 cm³/mol. The van der Waals surface area contributed by atoms with Crippen molar-refractivity contribution in [2.45, 2.75) is 25.1 Å². The summed E-state index contributed by atoms with van der Waals surface area (Å²) in [5.74, 6) is -1.09. The van der Waals surface area contributed by atoms with Crippen molar-refractivity contribution in [1.82, 2.24) is 14.3 Å². The zero-order chi connectivity index (χ0) is 23.6. The third-order valence-corrected chi connectivity index (χ3v) is 5.70. The van der Waals surface area contributed by atoms with Crippen LogP contribution in [0.4, 0.5) is 19.0 Å². The standard InChI is InChI=1S/C19H24N4O3.C2HF3O2/c24-19(14-4-5-14)22-8-11-26-16(13-22)15-12-23-17(20-15)2-1-3-18(23)21-6-9-25-10-7-21;3-2(4,5)1(6)7/h1-3,12,14,16H,4-11,13H2;(H,6,7). The molecule has 0 bridgehead atoms. The molecule has 1 N–H and O–H groups in total. The SMILES string of the molecule is O=C(C1CC1)N1CCOC(c2cn3c(N4CCOCC4)cccc3n2)C1.O=C(O)C(F)(F)F. The van der Waals surface area contributed by atoms with E-state index in [9.17, 15) is 18.0 Å². The second-order valence-electron chi connectivity index (χ2n) is 8.10. The Bertz CT molecular complexity index is 1000. The van der Waals surface area contributed by atoms with Crippen molar-refractivity contribution in [1.29, 1.82) is 0 Å². The number of carboxylic acid groups (broad SMARTS) is 1. The number of aliphatic carboxylic acids is 1. The van der Waals surface area contributed by atoms with Gasteiger partial charge in [-0.1, -0.05) is 6.07 Å². The van der Waals surface area contributed by atoms with Crippen LogP contribution in [0.15, 0.2) is 24.4 Å². The normalized spacial score (nSPS) is 21.5. The molecule has 2 aromatic rings. The smallest absolute Gasteiger partial charge is 0.475 e. The molecular weight excluding hydrogens is 445 g/mol. The van der Waals surface area contributed by atoms with Crippen LogP contribution in [0.25, 0.3) is 5.65 Å². The maximum absolute atomic E-state index is 12.4. The number of imidazole rings is 1. The molecule has 1 unspecified atom stereocenters. The van der Waals surface area contributed by atoms with Crippen molar-refractivity contribution in [2.24, 2.45) is 5.92 Å². The maximum atomic E-state index is 12.4. The third kappa shape index (κ3) is 5.56. The largest absolute Gasteiger partial charge is 0.490 e. The first-order valence-electron chi connectivity index (χ1n) is 10.8. The number of carbonyl (C=O) groups is 2. The van der Waals surface area contributed by atoms with Gasteiger partial charge in [0.05, 0.1) is 32.1 Å². The van der Waals surface area contributed by atoms with Crippen LogP contribution in [0.2, 0.25) is 0 Å². The van der Waals surface area contributed by atoms with Gasteiger partial charge in [0.1, 0.15) is 17.6 Å². The summed E-state index contributed by atoms with van der Waals surface area (Å²) < 4.78 is 45.3. The van der Waals surface area contributed by atoms with Crippen molar-refractivity contribution >= 4 is 23.3 Å². The third-order valence-electron chi connectivity index (χ3n) is 5.70. The second-order valence-corrected chi connectivity index (χ2v) is 8.10. The zero-order valence-electron chi connectivity index (χ0n) is 17.8. The number of halogens is 3. The highest BCUT2D eigenvalue weighted by molar-refractivity contribution is 5.81. The van der Waals surface area contributed by atoms with Gasteiger partial charge in [0.2, 0.25) is 5.91 Å². The first-order valence-corrected chi connectivity index (χ1v) is 10.8. The van der Waals surface area contributed by atoms with Crippen LogP contribution in [0.3, 0.4) is 0 Å². The number of hydrogen-bond donors (Lipinski definition) is 1. The molecule has 3 aliphatic rings. The molecule has 0 aromatic carbocycles. The van der Waals surface area contributed by atoms with E-state index in [0.29, 0.717) is 19.7 Å². The van der Waals surface area contributed by atoms with E-state index in [2.05, 4.69) is 21.6 Å². The highest BCUT2D eigenvalue weighted by Crippen LogP contribution is 2.33. The molecule has 180 valence electrons. The number of fused-ring (bicyclic) bond motifs is 1. The number of anilines is 1. The zero-order valence-corrected chi connectivity index (χ0v) is 17.8. The lowest BCUT2D eigenvalue weighted by Crippen LogP contribution is -2.43. The van der Waals surface area contributed by atoms with Crippen LogP contribution in [0.1, 0.15) is 24.6 Å². The molecule has 1 atom stereocenters. The fourth-order valence-corrected chi connectivity index (χ4v) is 3.84. The van der Waals surface area contributed by atoms with E-state index >= 15 is 0 Å². The Labute approximate surface area is 187 Å². The van der Waals surface area contributed by atoms with Gasteiger partial charge in [0.25, 0.3) is 0 Å². The number of carboxylic acids is 1. The van der Waals surface area contributed by atoms with Crippen LogP contribution < -0.4 is 4.90 Å². The van der Waals surface area contributed by atoms with Crippen molar-refractivity contribution in [3.8, 4) is 0 Å². The van der Waals surface area contributed by atoms with Crippen molar-refractivity contribution in [3.05, 3.63) is 30.1 Å². The quantitative estimate of drug-likeness (QED) is 0.734. The number of ether oxygens (including phenoxy) is 2. The number of aromatic nitrogens is 2. The summed E-state index contributed by atoms with van der Waals surface area (Å²) in [6, 6.07) is 6.18. The number of rotatable bonds is 3. The van der Waals surface area contributed by atoms with Gasteiger partial charge in [-0.3, -0.25) is 9.20 Å². The minimum Gasteiger partial charge on any atom is -0.475 e. The molecule has 3 fully saturated rings. The molecule has 2 aliphatic heterocycles. The van der Waals surface area contributed by atoms with Crippen LogP contribution in [0, 0.1) is 5.92 Å². The average molecular weight is 470 g/mol. The number of pyridine rings is 1. The summed E-state index contributed by atoms with van der Waals surface area (Å²) in [7, 11) is 0. The number of amides is 1. The van der Waals surface area contributed by atoms with Gasteiger partial charge in [-0.15, -0.1) is 0 Å². The Morgan fingerprint density at radius 3 is 2.42 bits per heavy atom. The van der Waals surface area contributed by atoms with Crippen molar-refractivity contribution in [2.75, 3.05) is 50.9 Å². The van der Waals surface area contributed by atoms with E-state index in [1.807, 2.05) is 17.0 Å². The molecule has 1 amide bonds.